The Morgan fingerprint density at radius 2 is 2.20 bits per heavy atom. The van der Waals surface area contributed by atoms with Crippen LogP contribution in [0.15, 0.2) is 39.6 Å². The molecule has 8 heteroatoms. The number of H-pyrrole nitrogens is 1. The first-order chi connectivity index (χ1) is 9.63. The molecule has 0 atom stereocenters. The molecule has 2 heterocycles. The minimum Gasteiger partial charge on any atom is -0.365 e. The molecule has 0 amide bonds. The molecule has 2 N–H and O–H groups in total. The van der Waals surface area contributed by atoms with Crippen LogP contribution in [0.3, 0.4) is 0 Å². The van der Waals surface area contributed by atoms with Crippen molar-refractivity contribution in [3.63, 3.8) is 0 Å². The number of rotatable bonds is 3. The van der Waals surface area contributed by atoms with Crippen molar-refractivity contribution in [1.82, 2.24) is 19.8 Å². The number of aromatic amines is 1. The van der Waals surface area contributed by atoms with Gasteiger partial charge in [-0.2, -0.15) is 9.61 Å². The van der Waals surface area contributed by atoms with Crippen molar-refractivity contribution in [1.29, 1.82) is 0 Å². The maximum Gasteiger partial charge on any atom is 0.364 e. The standard InChI is InChI=1S/C12H9BrFN5O/c13-9-2-1-8(14)5-7(9)6-15-10-3-4-11-16-17-12(20)19(11)18-10/h1-5H,6H2,(H,15,18)(H,17,20). The van der Waals surface area contributed by atoms with Crippen LogP contribution in [-0.2, 0) is 6.54 Å². The Labute approximate surface area is 120 Å². The lowest BCUT2D eigenvalue weighted by Crippen LogP contribution is -2.14. The summed E-state index contributed by atoms with van der Waals surface area (Å²) >= 11 is 3.35. The molecule has 3 rings (SSSR count). The summed E-state index contributed by atoms with van der Waals surface area (Å²) in [5.41, 5.74) is 0.787. The zero-order valence-corrected chi connectivity index (χ0v) is 11.7. The van der Waals surface area contributed by atoms with E-state index in [1.54, 1.807) is 18.2 Å². The number of nitrogens with one attached hydrogen (secondary N) is 2. The van der Waals surface area contributed by atoms with Gasteiger partial charge in [0.1, 0.15) is 11.6 Å². The molecule has 0 aliphatic heterocycles. The third-order valence-electron chi connectivity index (χ3n) is 2.74. The minimum atomic E-state index is -0.407. The molecule has 0 saturated heterocycles. The van der Waals surface area contributed by atoms with Gasteiger partial charge in [0, 0.05) is 11.0 Å². The first kappa shape index (κ1) is 12.8. The molecule has 20 heavy (non-hydrogen) atoms. The maximum atomic E-state index is 13.2. The number of hydrogen-bond acceptors (Lipinski definition) is 4. The number of aromatic nitrogens is 4. The second-order valence-corrected chi connectivity index (χ2v) is 4.96. The SMILES string of the molecule is O=c1[nH]nc2ccc(NCc3cc(F)ccc3Br)nn12. The smallest absolute Gasteiger partial charge is 0.364 e. The molecule has 0 aliphatic carbocycles. The Morgan fingerprint density at radius 1 is 1.35 bits per heavy atom. The summed E-state index contributed by atoms with van der Waals surface area (Å²) in [6, 6.07) is 7.81. The number of halogens is 2. The Balaban J connectivity index is 1.84. The molecule has 0 bridgehead atoms. The molecule has 0 aliphatic rings. The number of nitrogens with zero attached hydrogens (tertiary/aromatic N) is 3. The van der Waals surface area contributed by atoms with Gasteiger partial charge >= 0.3 is 5.69 Å². The molecule has 2 aromatic heterocycles. The van der Waals surface area contributed by atoms with Crippen LogP contribution >= 0.6 is 15.9 Å². The summed E-state index contributed by atoms with van der Waals surface area (Å²) in [6.45, 7) is 0.378. The van der Waals surface area contributed by atoms with E-state index in [0.717, 1.165) is 14.6 Å². The fourth-order valence-corrected chi connectivity index (χ4v) is 2.15. The van der Waals surface area contributed by atoms with Crippen LogP contribution < -0.4 is 11.0 Å². The van der Waals surface area contributed by atoms with E-state index >= 15 is 0 Å². The van der Waals surface area contributed by atoms with Crippen LogP contribution in [-0.4, -0.2) is 19.8 Å². The highest BCUT2D eigenvalue weighted by atomic mass is 79.9. The zero-order valence-electron chi connectivity index (χ0n) is 10.1. The molecule has 3 aromatic rings. The van der Waals surface area contributed by atoms with Gasteiger partial charge in [-0.05, 0) is 35.9 Å². The second kappa shape index (κ2) is 5.04. The predicted octanol–water partition coefficient (Wildman–Crippen LogP) is 1.93. The minimum absolute atomic E-state index is 0.306. The van der Waals surface area contributed by atoms with Gasteiger partial charge < -0.3 is 5.32 Å². The van der Waals surface area contributed by atoms with Crippen LogP contribution in [0, 0.1) is 5.82 Å². The predicted molar refractivity (Wildman–Crippen MR) is 75.0 cm³/mol. The molecule has 0 saturated carbocycles. The highest BCUT2D eigenvalue weighted by Crippen LogP contribution is 2.18. The van der Waals surface area contributed by atoms with Crippen molar-refractivity contribution in [3.8, 4) is 0 Å². The second-order valence-electron chi connectivity index (χ2n) is 4.11. The fourth-order valence-electron chi connectivity index (χ4n) is 1.76. The van der Waals surface area contributed by atoms with E-state index in [0.29, 0.717) is 18.0 Å². The average molecular weight is 338 g/mol. The number of benzene rings is 1. The highest BCUT2D eigenvalue weighted by molar-refractivity contribution is 9.10. The lowest BCUT2D eigenvalue weighted by atomic mass is 10.2. The Bertz CT molecular complexity index is 828. The van der Waals surface area contributed by atoms with E-state index in [4.69, 9.17) is 0 Å². The van der Waals surface area contributed by atoms with Crippen molar-refractivity contribution in [2.45, 2.75) is 6.54 Å². The first-order valence-corrected chi connectivity index (χ1v) is 6.55. The Kier molecular flexibility index (Phi) is 3.23. The number of anilines is 1. The van der Waals surface area contributed by atoms with Gasteiger partial charge in [-0.3, -0.25) is 0 Å². The fraction of sp³-hybridized carbons (Fsp3) is 0.0833. The van der Waals surface area contributed by atoms with Gasteiger partial charge in [0.15, 0.2) is 5.65 Å². The van der Waals surface area contributed by atoms with E-state index in [1.807, 2.05) is 0 Å². The topological polar surface area (TPSA) is 75.1 Å². The van der Waals surface area contributed by atoms with Crippen LogP contribution in [0.1, 0.15) is 5.56 Å². The van der Waals surface area contributed by atoms with Crippen molar-refractivity contribution in [2.24, 2.45) is 0 Å². The van der Waals surface area contributed by atoms with Gasteiger partial charge in [-0.1, -0.05) is 15.9 Å². The van der Waals surface area contributed by atoms with Gasteiger partial charge in [0.25, 0.3) is 0 Å². The van der Waals surface area contributed by atoms with Gasteiger partial charge in [-0.15, -0.1) is 5.10 Å². The van der Waals surface area contributed by atoms with Gasteiger partial charge in [0.05, 0.1) is 0 Å². The summed E-state index contributed by atoms with van der Waals surface area (Å²) in [6.07, 6.45) is 0. The lowest BCUT2D eigenvalue weighted by molar-refractivity contribution is 0.625. The molecule has 1 aromatic carbocycles. The van der Waals surface area contributed by atoms with E-state index in [2.05, 4.69) is 36.5 Å². The molecule has 102 valence electrons. The van der Waals surface area contributed by atoms with Crippen molar-refractivity contribution in [2.75, 3.05) is 5.32 Å². The number of hydrogen-bond donors (Lipinski definition) is 2. The van der Waals surface area contributed by atoms with Crippen LogP contribution in [0.25, 0.3) is 5.65 Å². The van der Waals surface area contributed by atoms with E-state index < -0.39 is 5.69 Å². The molecular weight excluding hydrogens is 329 g/mol. The monoisotopic (exact) mass is 337 g/mol. The molecule has 0 fully saturated rings. The van der Waals surface area contributed by atoms with Gasteiger partial charge in [-0.25, -0.2) is 14.3 Å². The highest BCUT2D eigenvalue weighted by Gasteiger charge is 2.05. The van der Waals surface area contributed by atoms with Crippen LogP contribution in [0.2, 0.25) is 0 Å². The zero-order chi connectivity index (χ0) is 14.1. The van der Waals surface area contributed by atoms with Gasteiger partial charge in [0.2, 0.25) is 0 Å². The number of fused-ring (bicyclic) bond motifs is 1. The third kappa shape index (κ3) is 2.42. The van der Waals surface area contributed by atoms with Crippen LogP contribution in [0.5, 0.6) is 0 Å². The molecule has 0 radical (unpaired) electrons. The first-order valence-electron chi connectivity index (χ1n) is 5.76. The van der Waals surface area contributed by atoms with E-state index in [1.165, 1.54) is 12.1 Å². The quantitative estimate of drug-likeness (QED) is 0.765. The summed E-state index contributed by atoms with van der Waals surface area (Å²) < 4.78 is 15.1. The molecule has 0 unspecified atom stereocenters. The summed E-state index contributed by atoms with van der Waals surface area (Å²) in [4.78, 5) is 11.4. The maximum absolute atomic E-state index is 13.2. The molecule has 0 spiro atoms. The molecular formula is C12H9BrFN5O. The molecule has 6 nitrogen and oxygen atoms in total. The van der Waals surface area contributed by atoms with Crippen molar-refractivity contribution in [3.05, 3.63) is 56.7 Å². The summed E-state index contributed by atoms with van der Waals surface area (Å²) in [5.74, 6) is 0.191. The summed E-state index contributed by atoms with van der Waals surface area (Å²) in [7, 11) is 0. The lowest BCUT2D eigenvalue weighted by Gasteiger charge is -2.07. The van der Waals surface area contributed by atoms with E-state index in [9.17, 15) is 9.18 Å². The largest absolute Gasteiger partial charge is 0.365 e. The van der Waals surface area contributed by atoms with Crippen molar-refractivity contribution < 1.29 is 4.39 Å². The van der Waals surface area contributed by atoms with E-state index in [-0.39, 0.29) is 5.82 Å². The average Bonchev–Trinajstić information content (AvgIpc) is 2.81. The van der Waals surface area contributed by atoms with Crippen molar-refractivity contribution >= 4 is 27.4 Å². The Morgan fingerprint density at radius 3 is 3.05 bits per heavy atom. The van der Waals surface area contributed by atoms with Crippen LogP contribution in [0.4, 0.5) is 10.2 Å². The Hall–Kier alpha value is -2.22. The normalized spacial score (nSPS) is 10.9. The summed E-state index contributed by atoms with van der Waals surface area (Å²) in [5, 5.41) is 13.2. The third-order valence-corrected chi connectivity index (χ3v) is 3.51.